The van der Waals surface area contributed by atoms with E-state index in [2.05, 4.69) is 5.32 Å². The van der Waals surface area contributed by atoms with Crippen LogP contribution in [0.15, 0.2) is 78.9 Å². The Kier molecular flexibility index (Phi) is 9.75. The average molecular weight is 453 g/mol. The maximum Gasteiger partial charge on any atom is 0.272 e. The van der Waals surface area contributed by atoms with E-state index in [4.69, 9.17) is 34.8 Å². The highest BCUT2D eigenvalue weighted by Crippen LogP contribution is 2.26. The van der Waals surface area contributed by atoms with Gasteiger partial charge in [0.25, 0.3) is 9.70 Å². The van der Waals surface area contributed by atoms with Crippen molar-refractivity contribution >= 4 is 46.8 Å². The lowest BCUT2D eigenvalue weighted by Gasteiger charge is -2.18. The van der Waals surface area contributed by atoms with Crippen LogP contribution in [-0.2, 0) is 4.79 Å². The number of hydrogen-bond acceptors (Lipinski definition) is 2. The van der Waals surface area contributed by atoms with Gasteiger partial charge >= 0.3 is 0 Å². The highest BCUT2D eigenvalue weighted by molar-refractivity contribution is 6.76. The van der Waals surface area contributed by atoms with Crippen LogP contribution in [-0.4, -0.2) is 20.8 Å². The number of halogens is 3. The molecule has 2 aromatic rings. The average Bonchev–Trinajstić information content (AvgIpc) is 2.72. The SMILES string of the molecule is O=C(N[C@H](/C=C/c1ccccc1)CCC/C=C/[C@H](O)c1ccccc1)C(Cl)(Cl)Cl. The molecule has 0 fully saturated rings. The number of hydrogen-bond donors (Lipinski definition) is 2. The molecule has 0 heterocycles. The molecule has 1 amide bonds. The first-order valence-corrected chi connectivity index (χ1v) is 10.5. The fourth-order valence-corrected chi connectivity index (χ4v) is 2.86. The molecule has 0 saturated carbocycles. The third-order valence-corrected chi connectivity index (χ3v) is 4.75. The minimum atomic E-state index is -2.00. The van der Waals surface area contributed by atoms with E-state index in [1.165, 1.54) is 0 Å². The Morgan fingerprint density at radius 2 is 1.62 bits per heavy atom. The van der Waals surface area contributed by atoms with Gasteiger partial charge in [-0.3, -0.25) is 4.79 Å². The number of alkyl halides is 3. The fraction of sp³-hybridized carbons (Fsp3) is 0.261. The first-order valence-electron chi connectivity index (χ1n) is 9.37. The zero-order valence-corrected chi connectivity index (χ0v) is 18.1. The lowest BCUT2D eigenvalue weighted by Crippen LogP contribution is -2.40. The first-order chi connectivity index (χ1) is 13.9. The molecular formula is C23H24Cl3NO2. The van der Waals surface area contributed by atoms with Gasteiger partial charge in [0.15, 0.2) is 0 Å². The molecule has 3 nitrogen and oxygen atoms in total. The first kappa shape index (κ1) is 23.5. The summed E-state index contributed by atoms with van der Waals surface area (Å²) < 4.78 is -2.00. The zero-order valence-electron chi connectivity index (χ0n) is 15.8. The van der Waals surface area contributed by atoms with Gasteiger partial charge in [-0.25, -0.2) is 0 Å². The molecular weight excluding hydrogens is 429 g/mol. The molecule has 0 spiro atoms. The minimum absolute atomic E-state index is 0.272. The van der Waals surface area contributed by atoms with Gasteiger partial charge in [-0.2, -0.15) is 0 Å². The molecule has 0 aliphatic heterocycles. The summed E-state index contributed by atoms with van der Waals surface area (Å²) in [5.74, 6) is -0.653. The quantitative estimate of drug-likeness (QED) is 0.278. The van der Waals surface area contributed by atoms with Gasteiger partial charge < -0.3 is 10.4 Å². The van der Waals surface area contributed by atoms with Gasteiger partial charge in [0, 0.05) is 6.04 Å². The Bertz CT molecular complexity index is 802. The minimum Gasteiger partial charge on any atom is -0.384 e. The number of rotatable bonds is 9. The zero-order chi connectivity index (χ0) is 21.1. The number of carbonyl (C=O) groups excluding carboxylic acids is 1. The predicted octanol–water partition coefficient (Wildman–Crippen LogP) is 6.01. The number of aliphatic hydroxyl groups excluding tert-OH is 1. The molecule has 154 valence electrons. The molecule has 2 N–H and O–H groups in total. The number of nitrogens with one attached hydrogen (secondary N) is 1. The highest BCUT2D eigenvalue weighted by Gasteiger charge is 2.31. The molecule has 2 aromatic carbocycles. The summed E-state index contributed by atoms with van der Waals surface area (Å²) in [7, 11) is 0. The second-order valence-corrected chi connectivity index (χ2v) is 8.84. The van der Waals surface area contributed by atoms with Gasteiger partial charge in [-0.1, -0.05) is 120 Å². The normalized spacial score (nSPS) is 14.2. The summed E-state index contributed by atoms with van der Waals surface area (Å²) in [6.07, 6.45) is 9.11. The van der Waals surface area contributed by atoms with Crippen LogP contribution in [0.1, 0.15) is 36.5 Å². The number of allylic oxidation sites excluding steroid dienone is 1. The smallest absolute Gasteiger partial charge is 0.272 e. The Balaban J connectivity index is 1.90. The molecule has 2 rings (SSSR count). The molecule has 0 bridgehead atoms. The molecule has 6 heteroatoms. The lowest BCUT2D eigenvalue weighted by molar-refractivity contribution is -0.120. The van der Waals surface area contributed by atoms with Crippen LogP contribution in [0.3, 0.4) is 0 Å². The third kappa shape index (κ3) is 9.05. The third-order valence-electron chi connectivity index (χ3n) is 4.24. The summed E-state index contributed by atoms with van der Waals surface area (Å²) in [4.78, 5) is 12.0. The van der Waals surface area contributed by atoms with Crippen molar-refractivity contribution < 1.29 is 9.90 Å². The molecule has 0 aromatic heterocycles. The van der Waals surface area contributed by atoms with Crippen molar-refractivity contribution in [1.82, 2.24) is 5.32 Å². The van der Waals surface area contributed by atoms with Crippen molar-refractivity contribution in [1.29, 1.82) is 0 Å². The number of amides is 1. The number of aliphatic hydroxyl groups is 1. The van der Waals surface area contributed by atoms with E-state index < -0.39 is 15.8 Å². The fourth-order valence-electron chi connectivity index (χ4n) is 2.70. The van der Waals surface area contributed by atoms with Gasteiger partial charge in [-0.05, 0) is 30.4 Å². The summed E-state index contributed by atoms with van der Waals surface area (Å²) in [6.45, 7) is 0. The topological polar surface area (TPSA) is 49.3 Å². The van der Waals surface area contributed by atoms with Crippen molar-refractivity contribution in [3.8, 4) is 0 Å². The van der Waals surface area contributed by atoms with Gasteiger partial charge in [0.05, 0.1) is 6.10 Å². The maximum atomic E-state index is 12.0. The molecule has 0 saturated heterocycles. The monoisotopic (exact) mass is 451 g/mol. The van der Waals surface area contributed by atoms with Crippen LogP contribution in [0, 0.1) is 0 Å². The Morgan fingerprint density at radius 3 is 2.24 bits per heavy atom. The van der Waals surface area contributed by atoms with E-state index >= 15 is 0 Å². The second kappa shape index (κ2) is 12.0. The number of benzene rings is 2. The van der Waals surface area contributed by atoms with Gasteiger partial charge in [-0.15, -0.1) is 0 Å². The van der Waals surface area contributed by atoms with Crippen LogP contribution < -0.4 is 5.32 Å². The Morgan fingerprint density at radius 1 is 1.00 bits per heavy atom. The number of carbonyl (C=O) groups is 1. The molecule has 29 heavy (non-hydrogen) atoms. The summed E-state index contributed by atoms with van der Waals surface area (Å²) >= 11 is 17.0. The Labute approximate surface area is 187 Å². The highest BCUT2D eigenvalue weighted by atomic mass is 35.6. The van der Waals surface area contributed by atoms with E-state index in [0.29, 0.717) is 6.42 Å². The number of unbranched alkanes of at least 4 members (excludes halogenated alkanes) is 1. The van der Waals surface area contributed by atoms with E-state index in [-0.39, 0.29) is 6.04 Å². The van der Waals surface area contributed by atoms with Crippen LogP contribution in [0.4, 0.5) is 0 Å². The van der Waals surface area contributed by atoms with Gasteiger partial charge in [0.2, 0.25) is 0 Å². The van der Waals surface area contributed by atoms with Crippen LogP contribution >= 0.6 is 34.8 Å². The van der Waals surface area contributed by atoms with Crippen molar-refractivity contribution in [3.63, 3.8) is 0 Å². The van der Waals surface area contributed by atoms with Crippen molar-refractivity contribution in [2.75, 3.05) is 0 Å². The molecule has 0 aliphatic rings. The van der Waals surface area contributed by atoms with Crippen molar-refractivity contribution in [3.05, 3.63) is 90.0 Å². The summed E-state index contributed by atoms with van der Waals surface area (Å²) in [6, 6.07) is 18.9. The van der Waals surface area contributed by atoms with Crippen LogP contribution in [0.25, 0.3) is 6.08 Å². The Hall–Kier alpha value is -1.78. The molecule has 0 radical (unpaired) electrons. The van der Waals surface area contributed by atoms with Crippen molar-refractivity contribution in [2.24, 2.45) is 0 Å². The van der Waals surface area contributed by atoms with Crippen LogP contribution in [0.2, 0.25) is 0 Å². The van der Waals surface area contributed by atoms with Crippen LogP contribution in [0.5, 0.6) is 0 Å². The van der Waals surface area contributed by atoms with Crippen molar-refractivity contribution in [2.45, 2.75) is 35.2 Å². The van der Waals surface area contributed by atoms with E-state index in [9.17, 15) is 9.90 Å². The largest absolute Gasteiger partial charge is 0.384 e. The predicted molar refractivity (Wildman–Crippen MR) is 122 cm³/mol. The molecule has 0 aliphatic carbocycles. The van der Waals surface area contributed by atoms with E-state index in [0.717, 1.165) is 24.0 Å². The second-order valence-electron chi connectivity index (χ2n) is 6.56. The molecule has 2 atom stereocenters. The van der Waals surface area contributed by atoms with E-state index in [1.54, 1.807) is 6.08 Å². The summed E-state index contributed by atoms with van der Waals surface area (Å²) in [5, 5.41) is 12.9. The lowest BCUT2D eigenvalue weighted by atomic mass is 10.1. The van der Waals surface area contributed by atoms with E-state index in [1.807, 2.05) is 78.9 Å². The van der Waals surface area contributed by atoms with Gasteiger partial charge in [0.1, 0.15) is 0 Å². The summed E-state index contributed by atoms with van der Waals surface area (Å²) in [5.41, 5.74) is 1.87. The molecule has 0 unspecified atom stereocenters. The standard InChI is InChI=1S/C23H24Cl3NO2/c24-23(25,26)22(29)27-20(17-16-18-10-4-1-5-11-18)14-8-3-9-15-21(28)19-12-6-2-7-13-19/h1-2,4-7,9-13,15-17,20-21,28H,3,8,14H2,(H,27,29)/b15-9+,17-16+/t20-,21-/m0/s1. The maximum absolute atomic E-state index is 12.0.